The monoisotopic (exact) mass is 424 g/mol. The number of thiophene rings is 1. The van der Waals surface area contributed by atoms with Gasteiger partial charge in [-0.25, -0.2) is 0 Å². The average Bonchev–Trinajstić information content (AvgIpc) is 3.40. The summed E-state index contributed by atoms with van der Waals surface area (Å²) < 4.78 is 0. The Morgan fingerprint density at radius 1 is 1.13 bits per heavy atom. The van der Waals surface area contributed by atoms with Crippen molar-refractivity contribution in [2.45, 2.75) is 26.7 Å². The van der Waals surface area contributed by atoms with E-state index in [9.17, 15) is 19.5 Å². The van der Waals surface area contributed by atoms with Crippen LogP contribution in [0.25, 0.3) is 11.1 Å². The van der Waals surface area contributed by atoms with Crippen LogP contribution in [0.4, 0.5) is 5.00 Å². The molecule has 2 amide bonds. The molecule has 0 spiro atoms. The Kier molecular flexibility index (Phi) is 5.24. The maximum Gasteiger partial charge on any atom is 0.307 e. The SMILES string of the molecule is CCc1ccc(-c2c(C)sc(NC(=O)[C@H]3[C@@H](C(=O)O)[C@H]4C=C[C@@H]3C4)c2C(N)=O)cc1. The molecule has 2 aliphatic rings. The number of allylic oxidation sites excluding steroid dienone is 2. The zero-order chi connectivity index (χ0) is 21.6. The van der Waals surface area contributed by atoms with Crippen molar-refractivity contribution in [1.29, 1.82) is 0 Å². The van der Waals surface area contributed by atoms with Crippen LogP contribution in [-0.2, 0) is 16.0 Å². The molecule has 156 valence electrons. The number of nitrogens with one attached hydrogen (secondary N) is 1. The first kappa shape index (κ1) is 20.3. The Labute approximate surface area is 178 Å². The molecule has 0 saturated heterocycles. The molecular weight excluding hydrogens is 400 g/mol. The van der Waals surface area contributed by atoms with Gasteiger partial charge < -0.3 is 16.2 Å². The van der Waals surface area contributed by atoms with Crippen molar-refractivity contribution in [2.24, 2.45) is 29.4 Å². The molecular formula is C23H24N2O4S. The Hall–Kier alpha value is -2.93. The molecule has 4 rings (SSSR count). The summed E-state index contributed by atoms with van der Waals surface area (Å²) in [4.78, 5) is 38.0. The number of nitrogens with two attached hydrogens (primary N) is 1. The van der Waals surface area contributed by atoms with Crippen molar-refractivity contribution in [3.63, 3.8) is 0 Å². The first-order chi connectivity index (χ1) is 14.3. The number of hydrogen-bond donors (Lipinski definition) is 3. The summed E-state index contributed by atoms with van der Waals surface area (Å²) in [5, 5.41) is 12.8. The fourth-order valence-corrected chi connectivity index (χ4v) is 5.92. The molecule has 0 unspecified atom stereocenters. The normalized spacial score (nSPS) is 24.2. The highest BCUT2D eigenvalue weighted by molar-refractivity contribution is 7.17. The van der Waals surface area contributed by atoms with E-state index in [0.717, 1.165) is 16.9 Å². The zero-order valence-electron chi connectivity index (χ0n) is 16.8. The minimum atomic E-state index is -0.957. The molecule has 1 saturated carbocycles. The molecule has 1 fully saturated rings. The second-order valence-corrected chi connectivity index (χ2v) is 9.20. The second-order valence-electron chi connectivity index (χ2n) is 7.98. The zero-order valence-corrected chi connectivity index (χ0v) is 17.7. The third kappa shape index (κ3) is 3.33. The largest absolute Gasteiger partial charge is 0.481 e. The molecule has 1 heterocycles. The quantitative estimate of drug-likeness (QED) is 0.612. The number of fused-ring (bicyclic) bond motifs is 2. The summed E-state index contributed by atoms with van der Waals surface area (Å²) in [5.41, 5.74) is 8.74. The van der Waals surface area contributed by atoms with Crippen LogP contribution in [0.3, 0.4) is 0 Å². The van der Waals surface area contributed by atoms with E-state index in [1.165, 1.54) is 16.9 Å². The number of aryl methyl sites for hydroxylation is 2. The summed E-state index contributed by atoms with van der Waals surface area (Å²) in [6.07, 6.45) is 5.42. The van der Waals surface area contributed by atoms with Gasteiger partial charge in [0, 0.05) is 10.4 Å². The van der Waals surface area contributed by atoms with E-state index in [2.05, 4.69) is 12.2 Å². The number of carbonyl (C=O) groups is 3. The Morgan fingerprint density at radius 2 is 1.77 bits per heavy atom. The number of carbonyl (C=O) groups excluding carboxylic acids is 2. The maximum absolute atomic E-state index is 13.1. The van der Waals surface area contributed by atoms with Gasteiger partial charge in [0.05, 0.1) is 17.4 Å². The lowest BCUT2D eigenvalue weighted by molar-refractivity contribution is -0.146. The molecule has 30 heavy (non-hydrogen) atoms. The van der Waals surface area contributed by atoms with Crippen molar-refractivity contribution >= 4 is 34.1 Å². The summed E-state index contributed by atoms with van der Waals surface area (Å²) in [6.45, 7) is 3.96. The van der Waals surface area contributed by atoms with Crippen LogP contribution < -0.4 is 11.1 Å². The molecule has 4 N–H and O–H groups in total. The fourth-order valence-electron chi connectivity index (χ4n) is 4.83. The molecule has 0 aliphatic heterocycles. The smallest absolute Gasteiger partial charge is 0.307 e. The number of anilines is 1. The van der Waals surface area contributed by atoms with Gasteiger partial charge in [0.2, 0.25) is 5.91 Å². The van der Waals surface area contributed by atoms with Gasteiger partial charge >= 0.3 is 5.97 Å². The van der Waals surface area contributed by atoms with Gasteiger partial charge in [-0.05, 0) is 42.7 Å². The molecule has 2 bridgehead atoms. The van der Waals surface area contributed by atoms with Gasteiger partial charge in [0.1, 0.15) is 5.00 Å². The lowest BCUT2D eigenvalue weighted by Gasteiger charge is -2.23. The minimum Gasteiger partial charge on any atom is -0.481 e. The topological polar surface area (TPSA) is 109 Å². The number of carboxylic acids is 1. The molecule has 1 aromatic heterocycles. The van der Waals surface area contributed by atoms with Gasteiger partial charge in [-0.3, -0.25) is 14.4 Å². The van der Waals surface area contributed by atoms with E-state index in [-0.39, 0.29) is 23.3 Å². The van der Waals surface area contributed by atoms with Crippen LogP contribution in [0.5, 0.6) is 0 Å². The van der Waals surface area contributed by atoms with E-state index in [4.69, 9.17) is 5.73 Å². The summed E-state index contributed by atoms with van der Waals surface area (Å²) >= 11 is 1.29. The molecule has 2 aromatic rings. The number of primary amides is 1. The molecule has 1 aromatic carbocycles. The number of hydrogen-bond acceptors (Lipinski definition) is 4. The van der Waals surface area contributed by atoms with Gasteiger partial charge in [0.15, 0.2) is 0 Å². The van der Waals surface area contributed by atoms with Crippen molar-refractivity contribution in [3.05, 3.63) is 52.4 Å². The number of amides is 2. The van der Waals surface area contributed by atoms with Crippen LogP contribution in [-0.4, -0.2) is 22.9 Å². The minimum absolute atomic E-state index is 0.0877. The molecule has 0 radical (unpaired) electrons. The Bertz CT molecular complexity index is 1050. The number of rotatable bonds is 6. The summed E-state index contributed by atoms with van der Waals surface area (Å²) in [6, 6.07) is 7.92. The number of carboxylic acid groups (broad SMARTS) is 1. The van der Waals surface area contributed by atoms with Gasteiger partial charge in [-0.1, -0.05) is 43.3 Å². The molecule has 2 aliphatic carbocycles. The van der Waals surface area contributed by atoms with Crippen molar-refractivity contribution in [3.8, 4) is 11.1 Å². The van der Waals surface area contributed by atoms with Crippen LogP contribution in [0.1, 0.15) is 34.1 Å². The standard InChI is InChI=1S/C23H24N2O4S/c1-3-12-4-6-13(7-5-12)16-11(2)30-22(19(16)20(24)26)25-21(27)17-14-8-9-15(10-14)18(17)23(28)29/h4-9,14-15,17-18H,3,10H2,1-2H3,(H2,24,26)(H,25,27)(H,28,29)/t14-,15+,17-,18+/m1/s1. The van der Waals surface area contributed by atoms with Gasteiger partial charge in [-0.2, -0.15) is 0 Å². The van der Waals surface area contributed by atoms with E-state index in [0.29, 0.717) is 17.0 Å². The van der Waals surface area contributed by atoms with E-state index < -0.39 is 23.7 Å². The lowest BCUT2D eigenvalue weighted by Crippen LogP contribution is -2.36. The van der Waals surface area contributed by atoms with Gasteiger partial charge in [-0.15, -0.1) is 11.3 Å². The maximum atomic E-state index is 13.1. The lowest BCUT2D eigenvalue weighted by atomic mass is 9.82. The Morgan fingerprint density at radius 3 is 2.33 bits per heavy atom. The molecule has 6 nitrogen and oxygen atoms in total. The highest BCUT2D eigenvalue weighted by Crippen LogP contribution is 2.49. The van der Waals surface area contributed by atoms with E-state index >= 15 is 0 Å². The summed E-state index contributed by atoms with van der Waals surface area (Å²) in [7, 11) is 0. The van der Waals surface area contributed by atoms with Crippen LogP contribution in [0.15, 0.2) is 36.4 Å². The highest BCUT2D eigenvalue weighted by atomic mass is 32.1. The third-order valence-electron chi connectivity index (χ3n) is 6.27. The van der Waals surface area contributed by atoms with Crippen molar-refractivity contribution in [1.82, 2.24) is 0 Å². The fraction of sp³-hybridized carbons (Fsp3) is 0.348. The van der Waals surface area contributed by atoms with Gasteiger partial charge in [0.25, 0.3) is 5.91 Å². The number of benzene rings is 1. The third-order valence-corrected chi connectivity index (χ3v) is 7.29. The predicted octanol–water partition coefficient (Wildman–Crippen LogP) is 3.85. The van der Waals surface area contributed by atoms with Crippen LogP contribution in [0.2, 0.25) is 0 Å². The van der Waals surface area contributed by atoms with E-state index in [1.54, 1.807) is 0 Å². The second kappa shape index (κ2) is 7.72. The average molecular weight is 425 g/mol. The first-order valence-corrected chi connectivity index (χ1v) is 10.9. The predicted molar refractivity (Wildman–Crippen MR) is 116 cm³/mol. The van der Waals surface area contributed by atoms with Crippen LogP contribution in [0, 0.1) is 30.6 Å². The molecule has 7 heteroatoms. The highest BCUT2D eigenvalue weighted by Gasteiger charge is 2.51. The molecule has 4 atom stereocenters. The Balaban J connectivity index is 1.68. The van der Waals surface area contributed by atoms with Crippen LogP contribution >= 0.6 is 11.3 Å². The van der Waals surface area contributed by atoms with E-state index in [1.807, 2.05) is 43.3 Å². The first-order valence-electron chi connectivity index (χ1n) is 10.1. The van der Waals surface area contributed by atoms with Crippen molar-refractivity contribution < 1.29 is 19.5 Å². The van der Waals surface area contributed by atoms with Crippen molar-refractivity contribution in [2.75, 3.05) is 5.32 Å². The summed E-state index contributed by atoms with van der Waals surface area (Å²) in [5.74, 6) is -3.53. The number of aliphatic carboxylic acids is 1.